The van der Waals surface area contributed by atoms with Crippen LogP contribution in [0, 0.1) is 20.2 Å². The summed E-state index contributed by atoms with van der Waals surface area (Å²) < 4.78 is 0.627. The highest BCUT2D eigenvalue weighted by molar-refractivity contribution is 7.11. The van der Waals surface area contributed by atoms with Crippen LogP contribution in [0.5, 0.6) is 0 Å². The number of nitrogens with zero attached hydrogens (tertiary/aromatic N) is 4. The van der Waals surface area contributed by atoms with Gasteiger partial charge in [-0.2, -0.15) is 8.94 Å². The van der Waals surface area contributed by atoms with E-state index in [4.69, 9.17) is 0 Å². The van der Waals surface area contributed by atoms with Gasteiger partial charge in [0.05, 0.1) is 9.85 Å². The second kappa shape index (κ2) is 7.77. The van der Waals surface area contributed by atoms with Gasteiger partial charge in [-0.15, -0.1) is 0 Å². The molecular formula is C16H9N5O7S. The van der Waals surface area contributed by atoms with Crippen LogP contribution in [0.2, 0.25) is 0 Å². The van der Waals surface area contributed by atoms with E-state index in [-0.39, 0.29) is 27.6 Å². The Hall–Kier alpha value is -4.26. The molecule has 3 rings (SSSR count). The lowest BCUT2D eigenvalue weighted by atomic mass is 10.2. The van der Waals surface area contributed by atoms with Crippen LogP contribution in [0.3, 0.4) is 0 Å². The van der Waals surface area contributed by atoms with E-state index in [0.717, 1.165) is 12.1 Å². The summed E-state index contributed by atoms with van der Waals surface area (Å²) in [6.07, 6.45) is 0. The number of benzene rings is 2. The van der Waals surface area contributed by atoms with E-state index in [1.165, 1.54) is 36.4 Å². The molecule has 0 aliphatic heterocycles. The maximum absolute atomic E-state index is 12.5. The zero-order valence-corrected chi connectivity index (χ0v) is 15.0. The summed E-state index contributed by atoms with van der Waals surface area (Å²) in [6, 6.07) is 9.69. The van der Waals surface area contributed by atoms with Crippen LogP contribution >= 0.6 is 11.5 Å². The van der Waals surface area contributed by atoms with Crippen LogP contribution in [-0.4, -0.2) is 30.6 Å². The van der Waals surface area contributed by atoms with Crippen LogP contribution < -0.4 is 11.0 Å². The summed E-state index contributed by atoms with van der Waals surface area (Å²) >= 11 is 0.518. The topological polar surface area (TPSA) is 167 Å². The second-order valence-electron chi connectivity index (χ2n) is 5.46. The van der Waals surface area contributed by atoms with Crippen molar-refractivity contribution < 1.29 is 19.4 Å². The summed E-state index contributed by atoms with van der Waals surface area (Å²) in [4.78, 5) is 60.5. The first-order valence-corrected chi connectivity index (χ1v) is 8.49. The van der Waals surface area contributed by atoms with Gasteiger partial charge in [0.15, 0.2) is 0 Å². The highest BCUT2D eigenvalue weighted by atomic mass is 32.1. The Bertz CT molecular complexity index is 1220. The third kappa shape index (κ3) is 4.19. The molecule has 146 valence electrons. The summed E-state index contributed by atoms with van der Waals surface area (Å²) in [7, 11) is 0. The number of carbonyl (C=O) groups is 2. The molecule has 0 aliphatic carbocycles. The van der Waals surface area contributed by atoms with Crippen molar-refractivity contribution in [1.29, 1.82) is 0 Å². The van der Waals surface area contributed by atoms with Gasteiger partial charge in [-0.05, 0) is 23.7 Å². The lowest BCUT2D eigenvalue weighted by Gasteiger charge is -2.01. The lowest BCUT2D eigenvalue weighted by Crippen LogP contribution is -2.23. The first-order chi connectivity index (χ1) is 13.8. The predicted molar refractivity (Wildman–Crippen MR) is 100 cm³/mol. The molecule has 0 saturated carbocycles. The number of anilines is 1. The Kier molecular flexibility index (Phi) is 5.23. The van der Waals surface area contributed by atoms with Gasteiger partial charge in [0.1, 0.15) is 0 Å². The molecule has 29 heavy (non-hydrogen) atoms. The standard InChI is InChI=1S/C16H9N5O7S/c22-13(9-3-1-5-11(7-9)20(25)26)17-15-18-16(24)19(29-15)14(23)10-4-2-6-12(8-10)21(27)28/h1-8H,(H,17,18,22,24). The minimum absolute atomic E-state index is 0.0431. The molecule has 1 amide bonds. The van der Waals surface area contributed by atoms with Crippen LogP contribution in [-0.2, 0) is 0 Å². The molecule has 0 unspecified atom stereocenters. The summed E-state index contributed by atoms with van der Waals surface area (Å²) in [6.45, 7) is 0. The van der Waals surface area contributed by atoms with Gasteiger partial charge in [0, 0.05) is 35.4 Å². The zero-order chi connectivity index (χ0) is 21.1. The van der Waals surface area contributed by atoms with Gasteiger partial charge >= 0.3 is 5.69 Å². The molecule has 0 bridgehead atoms. The van der Waals surface area contributed by atoms with Crippen molar-refractivity contribution >= 4 is 39.9 Å². The average Bonchev–Trinajstić information content (AvgIpc) is 3.07. The zero-order valence-electron chi connectivity index (χ0n) is 14.2. The predicted octanol–water partition coefficient (Wildman–Crippen LogP) is 2.06. The quantitative estimate of drug-likeness (QED) is 0.488. The van der Waals surface area contributed by atoms with Crippen LogP contribution in [0.4, 0.5) is 16.5 Å². The fourth-order valence-electron chi connectivity index (χ4n) is 2.26. The van der Waals surface area contributed by atoms with E-state index in [1.54, 1.807) is 0 Å². The number of rotatable bonds is 5. The fraction of sp³-hybridized carbons (Fsp3) is 0. The monoisotopic (exact) mass is 415 g/mol. The molecule has 0 saturated heterocycles. The summed E-state index contributed by atoms with van der Waals surface area (Å²) in [5.41, 5.74) is -1.76. The van der Waals surface area contributed by atoms with E-state index >= 15 is 0 Å². The molecule has 0 aliphatic rings. The first kappa shape index (κ1) is 19.5. The smallest absolute Gasteiger partial charge is 0.297 e. The molecule has 2 aromatic carbocycles. The molecule has 12 nitrogen and oxygen atoms in total. The number of hydrogen-bond donors (Lipinski definition) is 1. The number of nitro benzene ring substituents is 2. The molecule has 1 N–H and O–H groups in total. The summed E-state index contributed by atoms with van der Waals surface area (Å²) in [5, 5.41) is 23.7. The van der Waals surface area contributed by atoms with E-state index in [1.807, 2.05) is 0 Å². The normalized spacial score (nSPS) is 10.3. The first-order valence-electron chi connectivity index (χ1n) is 7.71. The molecular weight excluding hydrogens is 406 g/mol. The van der Waals surface area contributed by atoms with Gasteiger partial charge < -0.3 is 0 Å². The maximum Gasteiger partial charge on any atom is 0.367 e. The van der Waals surface area contributed by atoms with Crippen molar-refractivity contribution in [2.24, 2.45) is 0 Å². The van der Waals surface area contributed by atoms with Gasteiger partial charge in [-0.25, -0.2) is 4.79 Å². The fourth-order valence-corrected chi connectivity index (χ4v) is 2.99. The Morgan fingerprint density at radius 3 is 2.10 bits per heavy atom. The summed E-state index contributed by atoms with van der Waals surface area (Å²) in [5.74, 6) is -1.62. The van der Waals surface area contributed by atoms with Crippen LogP contribution in [0.15, 0.2) is 53.3 Å². The van der Waals surface area contributed by atoms with Crippen LogP contribution in [0.25, 0.3) is 0 Å². The Labute approximate surface area is 164 Å². The third-order valence-electron chi connectivity index (χ3n) is 3.58. The van der Waals surface area contributed by atoms with Crippen molar-refractivity contribution in [2.75, 3.05) is 5.32 Å². The number of nitrogens with one attached hydrogen (secondary N) is 1. The van der Waals surface area contributed by atoms with Gasteiger partial charge in [-0.1, -0.05) is 12.1 Å². The third-order valence-corrected chi connectivity index (χ3v) is 4.45. The van der Waals surface area contributed by atoms with Gasteiger partial charge in [0.25, 0.3) is 23.2 Å². The molecule has 1 aromatic heterocycles. The molecule has 1 heterocycles. The Balaban J connectivity index is 1.84. The van der Waals surface area contributed by atoms with E-state index < -0.39 is 27.4 Å². The van der Waals surface area contributed by atoms with E-state index in [0.29, 0.717) is 15.5 Å². The second-order valence-corrected chi connectivity index (χ2v) is 6.39. The molecule has 0 fully saturated rings. The largest absolute Gasteiger partial charge is 0.367 e. The molecule has 0 atom stereocenters. The Morgan fingerprint density at radius 1 is 0.966 bits per heavy atom. The van der Waals surface area contributed by atoms with Crippen LogP contribution in [0.1, 0.15) is 20.7 Å². The highest BCUT2D eigenvalue weighted by Crippen LogP contribution is 2.18. The highest BCUT2D eigenvalue weighted by Gasteiger charge is 2.19. The van der Waals surface area contributed by atoms with Gasteiger partial charge in [-0.3, -0.25) is 35.1 Å². The minimum atomic E-state index is -0.985. The van der Waals surface area contributed by atoms with Crippen molar-refractivity contribution in [3.63, 3.8) is 0 Å². The molecule has 0 spiro atoms. The Morgan fingerprint density at radius 2 is 1.52 bits per heavy atom. The average molecular weight is 415 g/mol. The lowest BCUT2D eigenvalue weighted by molar-refractivity contribution is -0.385. The number of aromatic nitrogens is 2. The number of nitro groups is 2. The van der Waals surface area contributed by atoms with E-state index in [9.17, 15) is 34.6 Å². The maximum atomic E-state index is 12.5. The van der Waals surface area contributed by atoms with Gasteiger partial charge in [0.2, 0.25) is 5.13 Å². The van der Waals surface area contributed by atoms with E-state index in [2.05, 4.69) is 10.3 Å². The SMILES string of the molecule is O=C(Nc1nc(=O)n(C(=O)c2cccc([N+](=O)[O-])c2)s1)c1cccc([N+](=O)[O-])c1. The number of amides is 1. The van der Waals surface area contributed by atoms with Crippen molar-refractivity contribution in [3.8, 4) is 0 Å². The minimum Gasteiger partial charge on any atom is -0.297 e. The molecule has 0 radical (unpaired) electrons. The number of hydrogen-bond acceptors (Lipinski definition) is 9. The number of non-ortho nitro benzene ring substituents is 2. The van der Waals surface area contributed by atoms with Crippen molar-refractivity contribution in [2.45, 2.75) is 0 Å². The molecule has 13 heteroatoms. The van der Waals surface area contributed by atoms with Crippen molar-refractivity contribution in [3.05, 3.63) is 90.4 Å². The number of carbonyl (C=O) groups excluding carboxylic acids is 2. The molecule has 3 aromatic rings. The van der Waals surface area contributed by atoms with Crippen molar-refractivity contribution in [1.82, 2.24) is 8.94 Å².